The number of benzene rings is 1. The number of nitrogens with two attached hydrogens (primary N) is 1. The summed E-state index contributed by atoms with van der Waals surface area (Å²) in [6, 6.07) is 9.61. The molecule has 0 amide bonds. The molecule has 0 bridgehead atoms. The third-order valence-electron chi connectivity index (χ3n) is 3.70. The van der Waals surface area contributed by atoms with Gasteiger partial charge in [0, 0.05) is 19.1 Å². The van der Waals surface area contributed by atoms with E-state index in [1.807, 2.05) is 0 Å². The Hall–Kier alpha value is -0.860. The topological polar surface area (TPSA) is 29.3 Å². The average molecular weight is 246 g/mol. The maximum atomic E-state index is 5.63. The molecule has 18 heavy (non-hydrogen) atoms. The van der Waals surface area contributed by atoms with Gasteiger partial charge in [0.25, 0.3) is 0 Å². The van der Waals surface area contributed by atoms with E-state index in [0.29, 0.717) is 6.54 Å². The molecule has 100 valence electrons. The van der Waals surface area contributed by atoms with Gasteiger partial charge in [0.05, 0.1) is 0 Å². The van der Waals surface area contributed by atoms with Crippen molar-refractivity contribution in [1.82, 2.24) is 4.90 Å². The lowest BCUT2D eigenvalue weighted by atomic mass is 10.1. The number of rotatable bonds is 7. The Morgan fingerprint density at radius 1 is 1.17 bits per heavy atom. The van der Waals surface area contributed by atoms with Gasteiger partial charge in [-0.3, -0.25) is 4.90 Å². The van der Waals surface area contributed by atoms with E-state index in [1.54, 1.807) is 0 Å². The number of nitrogens with zero attached hydrogens (tertiary/aromatic N) is 1. The van der Waals surface area contributed by atoms with Crippen LogP contribution in [0.5, 0.6) is 0 Å². The van der Waals surface area contributed by atoms with Crippen molar-refractivity contribution in [3.05, 3.63) is 35.4 Å². The zero-order valence-electron chi connectivity index (χ0n) is 11.7. The van der Waals surface area contributed by atoms with Crippen LogP contribution >= 0.6 is 0 Å². The Morgan fingerprint density at radius 3 is 2.28 bits per heavy atom. The monoisotopic (exact) mass is 246 g/mol. The molecule has 1 aliphatic rings. The van der Waals surface area contributed by atoms with E-state index < -0.39 is 0 Å². The van der Waals surface area contributed by atoms with E-state index in [4.69, 9.17) is 5.73 Å². The molecule has 2 heteroatoms. The van der Waals surface area contributed by atoms with Crippen LogP contribution in [-0.2, 0) is 13.1 Å². The second-order valence-electron chi connectivity index (χ2n) is 5.90. The second kappa shape index (κ2) is 6.35. The standard InChI is InChI=1S/C16H26N2/c1-13(2)9-10-18(16-7-8-16)12-15-5-3-14(11-17)4-6-15/h3-6,13,16H,7-12,17H2,1-2H3. The smallest absolute Gasteiger partial charge is 0.0236 e. The van der Waals surface area contributed by atoms with E-state index in [1.165, 1.54) is 36.9 Å². The van der Waals surface area contributed by atoms with E-state index in [0.717, 1.165) is 18.5 Å². The molecular weight excluding hydrogens is 220 g/mol. The van der Waals surface area contributed by atoms with Gasteiger partial charge in [0.2, 0.25) is 0 Å². The highest BCUT2D eigenvalue weighted by Gasteiger charge is 2.28. The molecule has 0 atom stereocenters. The summed E-state index contributed by atoms with van der Waals surface area (Å²) in [6.45, 7) is 7.59. The van der Waals surface area contributed by atoms with E-state index >= 15 is 0 Å². The van der Waals surface area contributed by atoms with Gasteiger partial charge in [-0.2, -0.15) is 0 Å². The van der Waals surface area contributed by atoms with Gasteiger partial charge in [-0.15, -0.1) is 0 Å². The predicted octanol–water partition coefficient (Wildman–Crippen LogP) is 3.16. The summed E-state index contributed by atoms with van der Waals surface area (Å²) in [6.07, 6.45) is 4.08. The van der Waals surface area contributed by atoms with E-state index in [2.05, 4.69) is 43.0 Å². The fourth-order valence-corrected chi connectivity index (χ4v) is 2.27. The molecule has 2 rings (SSSR count). The van der Waals surface area contributed by atoms with Gasteiger partial charge < -0.3 is 5.73 Å². The molecule has 1 fully saturated rings. The van der Waals surface area contributed by atoms with Crippen molar-refractivity contribution < 1.29 is 0 Å². The molecule has 0 aliphatic heterocycles. The Bertz CT molecular complexity index is 352. The Morgan fingerprint density at radius 2 is 1.78 bits per heavy atom. The summed E-state index contributed by atoms with van der Waals surface area (Å²) in [5.74, 6) is 0.797. The Balaban J connectivity index is 1.90. The molecule has 0 saturated heterocycles. The fourth-order valence-electron chi connectivity index (χ4n) is 2.27. The van der Waals surface area contributed by atoms with E-state index in [9.17, 15) is 0 Å². The van der Waals surface area contributed by atoms with Crippen LogP contribution in [0.3, 0.4) is 0 Å². The molecule has 1 aromatic carbocycles. The van der Waals surface area contributed by atoms with Crippen LogP contribution in [0.4, 0.5) is 0 Å². The molecule has 0 aromatic heterocycles. The third kappa shape index (κ3) is 4.11. The van der Waals surface area contributed by atoms with Crippen LogP contribution in [0.2, 0.25) is 0 Å². The summed E-state index contributed by atoms with van der Waals surface area (Å²) >= 11 is 0. The summed E-state index contributed by atoms with van der Waals surface area (Å²) in [5, 5.41) is 0. The summed E-state index contributed by atoms with van der Waals surface area (Å²) < 4.78 is 0. The second-order valence-corrected chi connectivity index (χ2v) is 5.90. The lowest BCUT2D eigenvalue weighted by Crippen LogP contribution is -2.27. The lowest BCUT2D eigenvalue weighted by molar-refractivity contribution is 0.239. The van der Waals surface area contributed by atoms with Gasteiger partial charge in [-0.25, -0.2) is 0 Å². The van der Waals surface area contributed by atoms with Crippen molar-refractivity contribution in [3.63, 3.8) is 0 Å². The van der Waals surface area contributed by atoms with Crippen molar-refractivity contribution in [2.45, 2.75) is 52.2 Å². The minimum atomic E-state index is 0.639. The van der Waals surface area contributed by atoms with Crippen LogP contribution in [0.25, 0.3) is 0 Å². The zero-order chi connectivity index (χ0) is 13.0. The molecular formula is C16H26N2. The molecule has 1 aliphatic carbocycles. The first kappa shape index (κ1) is 13.6. The maximum absolute atomic E-state index is 5.63. The van der Waals surface area contributed by atoms with Crippen LogP contribution in [0, 0.1) is 5.92 Å². The van der Waals surface area contributed by atoms with Crippen LogP contribution in [-0.4, -0.2) is 17.5 Å². The Labute approximate surface area is 111 Å². The molecule has 0 radical (unpaired) electrons. The first-order chi connectivity index (χ1) is 8.69. The van der Waals surface area contributed by atoms with Crippen LogP contribution in [0.15, 0.2) is 24.3 Å². The highest BCUT2D eigenvalue weighted by molar-refractivity contribution is 5.22. The first-order valence-corrected chi connectivity index (χ1v) is 7.21. The molecule has 2 N–H and O–H groups in total. The highest BCUT2D eigenvalue weighted by Crippen LogP contribution is 2.28. The molecule has 0 heterocycles. The predicted molar refractivity (Wildman–Crippen MR) is 77.2 cm³/mol. The van der Waals surface area contributed by atoms with Crippen LogP contribution in [0.1, 0.15) is 44.2 Å². The van der Waals surface area contributed by atoms with Gasteiger partial charge in [0.15, 0.2) is 0 Å². The number of hydrogen-bond acceptors (Lipinski definition) is 2. The quantitative estimate of drug-likeness (QED) is 0.801. The maximum Gasteiger partial charge on any atom is 0.0236 e. The van der Waals surface area contributed by atoms with Gasteiger partial charge >= 0.3 is 0 Å². The van der Waals surface area contributed by atoms with Gasteiger partial charge in [0.1, 0.15) is 0 Å². The van der Waals surface area contributed by atoms with Crippen molar-refractivity contribution in [1.29, 1.82) is 0 Å². The largest absolute Gasteiger partial charge is 0.326 e. The highest BCUT2D eigenvalue weighted by atomic mass is 15.2. The lowest BCUT2D eigenvalue weighted by Gasteiger charge is -2.23. The normalized spacial score (nSPS) is 15.6. The SMILES string of the molecule is CC(C)CCN(Cc1ccc(CN)cc1)C1CC1. The Kier molecular flexibility index (Phi) is 4.79. The molecule has 0 unspecified atom stereocenters. The molecule has 1 saturated carbocycles. The van der Waals surface area contributed by atoms with Crippen molar-refractivity contribution >= 4 is 0 Å². The first-order valence-electron chi connectivity index (χ1n) is 7.21. The van der Waals surface area contributed by atoms with Gasteiger partial charge in [-0.05, 0) is 42.9 Å². The third-order valence-corrected chi connectivity index (χ3v) is 3.70. The van der Waals surface area contributed by atoms with Crippen LogP contribution < -0.4 is 5.73 Å². The molecule has 1 aromatic rings. The number of hydrogen-bond donors (Lipinski definition) is 1. The summed E-state index contributed by atoms with van der Waals surface area (Å²) in [7, 11) is 0. The summed E-state index contributed by atoms with van der Waals surface area (Å²) in [5.41, 5.74) is 8.27. The van der Waals surface area contributed by atoms with Crippen molar-refractivity contribution in [2.75, 3.05) is 6.54 Å². The zero-order valence-corrected chi connectivity index (χ0v) is 11.7. The van der Waals surface area contributed by atoms with E-state index in [-0.39, 0.29) is 0 Å². The van der Waals surface area contributed by atoms with Crippen molar-refractivity contribution in [3.8, 4) is 0 Å². The molecule has 2 nitrogen and oxygen atoms in total. The minimum absolute atomic E-state index is 0.639. The fraction of sp³-hybridized carbons (Fsp3) is 0.625. The minimum Gasteiger partial charge on any atom is -0.326 e. The van der Waals surface area contributed by atoms with Gasteiger partial charge in [-0.1, -0.05) is 38.1 Å². The van der Waals surface area contributed by atoms with Crippen molar-refractivity contribution in [2.24, 2.45) is 11.7 Å². The average Bonchev–Trinajstić information content (AvgIpc) is 3.19. The molecule has 0 spiro atoms. The summed E-state index contributed by atoms with van der Waals surface area (Å²) in [4.78, 5) is 2.65.